The molecule has 19 heavy (non-hydrogen) atoms. The SMILES string of the molecule is Cn1ccc(-c2noc(-c3ccc(O)cc3O)n2)n1. The van der Waals surface area contributed by atoms with Gasteiger partial charge in [0, 0.05) is 19.3 Å². The van der Waals surface area contributed by atoms with Crippen LogP contribution in [0, 0.1) is 0 Å². The Balaban J connectivity index is 2.01. The van der Waals surface area contributed by atoms with Crippen LogP contribution in [0.2, 0.25) is 0 Å². The van der Waals surface area contributed by atoms with E-state index in [0.29, 0.717) is 17.1 Å². The first kappa shape index (κ1) is 11.3. The first-order valence-corrected chi connectivity index (χ1v) is 5.49. The van der Waals surface area contributed by atoms with Crippen molar-refractivity contribution in [2.75, 3.05) is 0 Å². The van der Waals surface area contributed by atoms with Gasteiger partial charge >= 0.3 is 0 Å². The summed E-state index contributed by atoms with van der Waals surface area (Å²) in [7, 11) is 1.79. The maximum Gasteiger partial charge on any atom is 0.262 e. The van der Waals surface area contributed by atoms with Gasteiger partial charge in [-0.3, -0.25) is 4.68 Å². The number of phenolic OH excluding ortho intramolecular Hbond substituents is 2. The highest BCUT2D eigenvalue weighted by atomic mass is 16.5. The first-order chi connectivity index (χ1) is 9.13. The maximum atomic E-state index is 9.72. The topological polar surface area (TPSA) is 97.2 Å². The second kappa shape index (κ2) is 4.13. The lowest BCUT2D eigenvalue weighted by Gasteiger charge is -1.98. The van der Waals surface area contributed by atoms with Crippen molar-refractivity contribution in [3.63, 3.8) is 0 Å². The number of aromatic hydroxyl groups is 2. The second-order valence-electron chi connectivity index (χ2n) is 4.00. The molecule has 0 aliphatic carbocycles. The van der Waals surface area contributed by atoms with Crippen LogP contribution >= 0.6 is 0 Å². The molecule has 0 atom stereocenters. The summed E-state index contributed by atoms with van der Waals surface area (Å²) in [5, 5.41) is 26.9. The van der Waals surface area contributed by atoms with Gasteiger partial charge in [0.1, 0.15) is 17.2 Å². The molecule has 2 heterocycles. The molecule has 0 bridgehead atoms. The Morgan fingerprint density at radius 3 is 2.74 bits per heavy atom. The molecule has 2 aromatic heterocycles. The lowest BCUT2D eigenvalue weighted by molar-refractivity contribution is 0.423. The first-order valence-electron chi connectivity index (χ1n) is 5.49. The van der Waals surface area contributed by atoms with Gasteiger partial charge in [0.25, 0.3) is 5.89 Å². The molecule has 0 spiro atoms. The van der Waals surface area contributed by atoms with E-state index in [1.54, 1.807) is 24.0 Å². The molecule has 3 rings (SSSR count). The van der Waals surface area contributed by atoms with Crippen molar-refractivity contribution in [1.82, 2.24) is 19.9 Å². The third kappa shape index (κ3) is 2.01. The number of rotatable bonds is 2. The third-order valence-electron chi connectivity index (χ3n) is 2.58. The molecule has 0 fully saturated rings. The fraction of sp³-hybridized carbons (Fsp3) is 0.0833. The zero-order valence-electron chi connectivity index (χ0n) is 9.98. The van der Waals surface area contributed by atoms with Crippen molar-refractivity contribution in [2.24, 2.45) is 7.05 Å². The highest BCUT2D eigenvalue weighted by Crippen LogP contribution is 2.31. The van der Waals surface area contributed by atoms with Crippen molar-refractivity contribution in [2.45, 2.75) is 0 Å². The predicted octanol–water partition coefficient (Wildman–Crippen LogP) is 1.55. The average molecular weight is 258 g/mol. The summed E-state index contributed by atoms with van der Waals surface area (Å²) in [4.78, 5) is 4.16. The quantitative estimate of drug-likeness (QED) is 0.723. The molecule has 0 aliphatic rings. The molecule has 96 valence electrons. The summed E-state index contributed by atoms with van der Waals surface area (Å²) in [6.45, 7) is 0. The number of aromatic nitrogens is 4. The molecule has 3 aromatic rings. The summed E-state index contributed by atoms with van der Waals surface area (Å²) in [6.07, 6.45) is 1.77. The number of nitrogens with zero attached hydrogens (tertiary/aromatic N) is 4. The normalized spacial score (nSPS) is 10.8. The van der Waals surface area contributed by atoms with Gasteiger partial charge in [-0.05, 0) is 18.2 Å². The third-order valence-corrected chi connectivity index (χ3v) is 2.58. The Hall–Kier alpha value is -2.83. The van der Waals surface area contributed by atoms with Crippen LogP contribution in [0.4, 0.5) is 0 Å². The molecule has 7 nitrogen and oxygen atoms in total. The minimum Gasteiger partial charge on any atom is -0.508 e. The molecule has 1 aromatic carbocycles. The van der Waals surface area contributed by atoms with Gasteiger partial charge in [0.05, 0.1) is 5.56 Å². The van der Waals surface area contributed by atoms with Crippen molar-refractivity contribution in [1.29, 1.82) is 0 Å². The van der Waals surface area contributed by atoms with Gasteiger partial charge < -0.3 is 14.7 Å². The number of aryl methyl sites for hydroxylation is 1. The second-order valence-corrected chi connectivity index (χ2v) is 4.00. The summed E-state index contributed by atoms with van der Waals surface area (Å²) < 4.78 is 6.71. The lowest BCUT2D eigenvalue weighted by atomic mass is 10.2. The molecule has 0 radical (unpaired) electrons. The molecular weight excluding hydrogens is 248 g/mol. The van der Waals surface area contributed by atoms with Crippen molar-refractivity contribution >= 4 is 0 Å². The van der Waals surface area contributed by atoms with Crippen LogP contribution in [-0.4, -0.2) is 30.1 Å². The lowest BCUT2D eigenvalue weighted by Crippen LogP contribution is -1.88. The maximum absolute atomic E-state index is 9.72. The molecule has 2 N–H and O–H groups in total. The van der Waals surface area contributed by atoms with Gasteiger partial charge in [-0.2, -0.15) is 10.1 Å². The summed E-state index contributed by atoms with van der Waals surface area (Å²) in [6, 6.07) is 5.89. The minimum atomic E-state index is -0.128. The Labute approximate surface area is 107 Å². The molecule has 0 saturated heterocycles. The average Bonchev–Trinajstić information content (AvgIpc) is 2.97. The van der Waals surface area contributed by atoms with E-state index in [1.807, 2.05) is 0 Å². The van der Waals surface area contributed by atoms with Gasteiger partial charge in [-0.25, -0.2) is 0 Å². The van der Waals surface area contributed by atoms with Crippen LogP contribution in [0.25, 0.3) is 23.0 Å². The highest BCUT2D eigenvalue weighted by molar-refractivity contribution is 5.65. The Bertz CT molecular complexity index is 732. The standard InChI is InChI=1S/C12H10N4O3/c1-16-5-4-9(14-16)11-13-12(19-15-11)8-3-2-7(17)6-10(8)18/h2-6,17-18H,1H3. The molecular formula is C12H10N4O3. The Morgan fingerprint density at radius 1 is 1.21 bits per heavy atom. The molecule has 0 aliphatic heterocycles. The molecule has 7 heteroatoms. The fourth-order valence-corrected chi connectivity index (χ4v) is 1.67. The van der Waals surface area contributed by atoms with Crippen LogP contribution in [0.3, 0.4) is 0 Å². The zero-order valence-corrected chi connectivity index (χ0v) is 9.98. The summed E-state index contributed by atoms with van der Waals surface area (Å²) in [5.74, 6) is 0.336. The van der Waals surface area contributed by atoms with Crippen LogP contribution < -0.4 is 0 Å². The van der Waals surface area contributed by atoms with E-state index in [-0.39, 0.29) is 17.4 Å². The fourth-order valence-electron chi connectivity index (χ4n) is 1.67. The van der Waals surface area contributed by atoms with Crippen molar-refractivity contribution < 1.29 is 14.7 Å². The van der Waals surface area contributed by atoms with E-state index in [0.717, 1.165) is 0 Å². The van der Waals surface area contributed by atoms with E-state index in [9.17, 15) is 10.2 Å². The molecule has 0 saturated carbocycles. The predicted molar refractivity (Wildman–Crippen MR) is 65.3 cm³/mol. The van der Waals surface area contributed by atoms with Crippen LogP contribution in [0.15, 0.2) is 35.0 Å². The monoisotopic (exact) mass is 258 g/mol. The van der Waals surface area contributed by atoms with E-state index in [4.69, 9.17) is 4.52 Å². The number of hydrogen-bond donors (Lipinski definition) is 2. The van der Waals surface area contributed by atoms with Crippen LogP contribution in [-0.2, 0) is 7.05 Å². The minimum absolute atomic E-state index is 0.0364. The van der Waals surface area contributed by atoms with Crippen LogP contribution in [0.5, 0.6) is 11.5 Å². The Kier molecular flexibility index (Phi) is 2.45. The van der Waals surface area contributed by atoms with E-state index >= 15 is 0 Å². The van der Waals surface area contributed by atoms with Gasteiger partial charge in [-0.15, -0.1) is 0 Å². The van der Waals surface area contributed by atoms with Crippen LogP contribution in [0.1, 0.15) is 0 Å². The van der Waals surface area contributed by atoms with E-state index < -0.39 is 0 Å². The molecule has 0 unspecified atom stereocenters. The van der Waals surface area contributed by atoms with Crippen molar-refractivity contribution in [3.05, 3.63) is 30.5 Å². The van der Waals surface area contributed by atoms with Gasteiger partial charge in [-0.1, -0.05) is 5.16 Å². The van der Waals surface area contributed by atoms with Gasteiger partial charge in [0.2, 0.25) is 5.82 Å². The number of phenols is 2. The largest absolute Gasteiger partial charge is 0.508 e. The van der Waals surface area contributed by atoms with E-state index in [1.165, 1.54) is 18.2 Å². The van der Waals surface area contributed by atoms with Gasteiger partial charge in [0.15, 0.2) is 0 Å². The Morgan fingerprint density at radius 2 is 2.05 bits per heavy atom. The highest BCUT2D eigenvalue weighted by Gasteiger charge is 2.15. The van der Waals surface area contributed by atoms with E-state index in [2.05, 4.69) is 15.2 Å². The molecule has 0 amide bonds. The number of hydrogen-bond acceptors (Lipinski definition) is 6. The summed E-state index contributed by atoms with van der Waals surface area (Å²) in [5.41, 5.74) is 0.934. The smallest absolute Gasteiger partial charge is 0.262 e. The number of benzene rings is 1. The summed E-state index contributed by atoms with van der Waals surface area (Å²) >= 11 is 0. The zero-order chi connectivity index (χ0) is 13.4. The van der Waals surface area contributed by atoms with Crippen molar-refractivity contribution in [3.8, 4) is 34.5 Å².